The summed E-state index contributed by atoms with van der Waals surface area (Å²) in [6.07, 6.45) is 3.52. The van der Waals surface area contributed by atoms with Gasteiger partial charge in [-0.3, -0.25) is 4.79 Å². The Hall–Kier alpha value is -1.53. The van der Waals surface area contributed by atoms with Crippen LogP contribution in [0.3, 0.4) is 0 Å². The molecule has 7 heteroatoms. The normalized spacial score (nSPS) is 14.5. The van der Waals surface area contributed by atoms with Gasteiger partial charge >= 0.3 is 5.97 Å². The summed E-state index contributed by atoms with van der Waals surface area (Å²) < 4.78 is 11.0. The molecular weight excluding hydrogens is 372 g/mol. The zero-order valence-corrected chi connectivity index (χ0v) is 16.8. The number of benzene rings is 1. The number of ether oxygens (including phenoxy) is 1. The van der Waals surface area contributed by atoms with Crippen LogP contribution in [0.5, 0.6) is 0 Å². The molecule has 0 spiro atoms. The largest absolute Gasteiger partial charge is 0.460 e. The molecule has 1 aromatic heterocycles. The van der Waals surface area contributed by atoms with Crippen LogP contribution in [0, 0.1) is 0 Å². The van der Waals surface area contributed by atoms with Crippen LogP contribution in [0.1, 0.15) is 57.9 Å². The van der Waals surface area contributed by atoms with Gasteiger partial charge in [-0.15, -0.1) is 10.2 Å². The van der Waals surface area contributed by atoms with Crippen molar-refractivity contribution in [2.45, 2.75) is 63.2 Å². The molecule has 1 aliphatic carbocycles. The van der Waals surface area contributed by atoms with Crippen LogP contribution in [0.15, 0.2) is 27.8 Å². The summed E-state index contributed by atoms with van der Waals surface area (Å²) in [6, 6.07) is 6.00. The van der Waals surface area contributed by atoms with Crippen molar-refractivity contribution < 1.29 is 13.9 Å². The second-order valence-electron chi connectivity index (χ2n) is 7.43. The predicted molar refractivity (Wildman–Crippen MR) is 103 cm³/mol. The standard InChI is InChI=1S/C19H23ClN2O3S/c1-19(2,3)25-16(23)5-4-10-26-18-22-21-17(24-18)14-11-13(12-6-7-12)8-9-15(14)20/h8-9,11-12H,4-7,10H2,1-3H3. The number of esters is 1. The van der Waals surface area contributed by atoms with E-state index in [0.717, 1.165) is 5.56 Å². The van der Waals surface area contributed by atoms with E-state index in [2.05, 4.69) is 16.3 Å². The summed E-state index contributed by atoms with van der Waals surface area (Å²) in [6.45, 7) is 5.59. The topological polar surface area (TPSA) is 65.2 Å². The Morgan fingerprint density at radius 2 is 2.12 bits per heavy atom. The van der Waals surface area contributed by atoms with Crippen molar-refractivity contribution in [3.8, 4) is 11.5 Å². The van der Waals surface area contributed by atoms with E-state index >= 15 is 0 Å². The molecule has 1 fully saturated rings. The second kappa shape index (κ2) is 8.01. The van der Waals surface area contributed by atoms with Crippen LogP contribution in [0.25, 0.3) is 11.5 Å². The lowest BCUT2D eigenvalue weighted by molar-refractivity contribution is -0.154. The van der Waals surface area contributed by atoms with Crippen LogP contribution in [-0.4, -0.2) is 27.5 Å². The highest BCUT2D eigenvalue weighted by molar-refractivity contribution is 7.99. The first kappa shape index (κ1) is 19.2. The van der Waals surface area contributed by atoms with Crippen molar-refractivity contribution in [1.82, 2.24) is 10.2 Å². The highest BCUT2D eigenvalue weighted by Crippen LogP contribution is 2.42. The molecule has 3 rings (SSSR count). The van der Waals surface area contributed by atoms with E-state index in [0.29, 0.717) is 40.6 Å². The average molecular weight is 395 g/mol. The summed E-state index contributed by atoms with van der Waals surface area (Å²) >= 11 is 7.73. The smallest absolute Gasteiger partial charge is 0.306 e. The highest BCUT2D eigenvalue weighted by atomic mass is 35.5. The Bertz CT molecular complexity index is 781. The molecule has 0 saturated heterocycles. The van der Waals surface area contributed by atoms with Crippen molar-refractivity contribution in [3.05, 3.63) is 28.8 Å². The Morgan fingerprint density at radius 1 is 1.35 bits per heavy atom. The Kier molecular flexibility index (Phi) is 5.92. The van der Waals surface area contributed by atoms with Crippen LogP contribution in [-0.2, 0) is 9.53 Å². The van der Waals surface area contributed by atoms with Gasteiger partial charge in [0.2, 0.25) is 5.89 Å². The van der Waals surface area contributed by atoms with Gasteiger partial charge in [-0.1, -0.05) is 29.4 Å². The van der Waals surface area contributed by atoms with Gasteiger partial charge in [-0.05, 0) is 63.6 Å². The van der Waals surface area contributed by atoms with Gasteiger partial charge in [0.1, 0.15) is 5.60 Å². The minimum atomic E-state index is -0.445. The molecule has 26 heavy (non-hydrogen) atoms. The summed E-state index contributed by atoms with van der Waals surface area (Å²) in [5.41, 5.74) is 1.61. The highest BCUT2D eigenvalue weighted by Gasteiger charge is 2.25. The molecule has 0 radical (unpaired) electrons. The number of carbonyl (C=O) groups excluding carboxylic acids is 1. The third-order valence-corrected chi connectivity index (χ3v) is 5.08. The second-order valence-corrected chi connectivity index (χ2v) is 8.88. The average Bonchev–Trinajstić information content (AvgIpc) is 3.29. The third-order valence-electron chi connectivity index (χ3n) is 3.85. The molecule has 5 nitrogen and oxygen atoms in total. The van der Waals surface area contributed by atoms with E-state index in [1.54, 1.807) is 0 Å². The summed E-state index contributed by atoms with van der Waals surface area (Å²) in [7, 11) is 0. The maximum Gasteiger partial charge on any atom is 0.306 e. The number of thioether (sulfide) groups is 1. The Labute approximate surface area is 162 Å². The van der Waals surface area contributed by atoms with E-state index in [1.165, 1.54) is 30.2 Å². The third kappa shape index (κ3) is 5.48. The zero-order chi connectivity index (χ0) is 18.7. The quantitative estimate of drug-likeness (QED) is 0.352. The van der Waals surface area contributed by atoms with Crippen molar-refractivity contribution in [3.63, 3.8) is 0 Å². The maximum absolute atomic E-state index is 11.7. The minimum absolute atomic E-state index is 0.187. The van der Waals surface area contributed by atoms with E-state index in [1.807, 2.05) is 32.9 Å². The van der Waals surface area contributed by atoms with E-state index in [4.69, 9.17) is 20.8 Å². The monoisotopic (exact) mass is 394 g/mol. The number of hydrogen-bond donors (Lipinski definition) is 0. The van der Waals surface area contributed by atoms with E-state index < -0.39 is 5.60 Å². The van der Waals surface area contributed by atoms with Gasteiger partial charge in [0.15, 0.2) is 0 Å². The van der Waals surface area contributed by atoms with Crippen molar-refractivity contribution >= 4 is 29.3 Å². The SMILES string of the molecule is CC(C)(C)OC(=O)CCCSc1nnc(-c2cc(C3CC3)ccc2Cl)o1. The maximum atomic E-state index is 11.7. The lowest BCUT2D eigenvalue weighted by atomic mass is 10.1. The first-order valence-electron chi connectivity index (χ1n) is 8.80. The summed E-state index contributed by atoms with van der Waals surface area (Å²) in [5.74, 6) is 1.59. The molecule has 0 amide bonds. The lowest BCUT2D eigenvalue weighted by Gasteiger charge is -2.19. The van der Waals surface area contributed by atoms with Gasteiger partial charge in [0.25, 0.3) is 5.22 Å². The number of carbonyl (C=O) groups is 1. The molecule has 1 aromatic carbocycles. The van der Waals surface area contributed by atoms with E-state index in [9.17, 15) is 4.79 Å². The fourth-order valence-corrected chi connectivity index (χ4v) is 3.42. The number of rotatable bonds is 7. The molecule has 1 saturated carbocycles. The fraction of sp³-hybridized carbons (Fsp3) is 0.526. The van der Waals surface area contributed by atoms with Gasteiger partial charge in [0, 0.05) is 12.2 Å². The molecule has 0 aliphatic heterocycles. The molecule has 0 N–H and O–H groups in total. The lowest BCUT2D eigenvalue weighted by Crippen LogP contribution is -2.23. The van der Waals surface area contributed by atoms with Crippen LogP contribution >= 0.6 is 23.4 Å². The van der Waals surface area contributed by atoms with Crippen LogP contribution in [0.4, 0.5) is 0 Å². The molecule has 0 atom stereocenters. The molecule has 1 heterocycles. The van der Waals surface area contributed by atoms with Gasteiger partial charge < -0.3 is 9.15 Å². The first-order chi connectivity index (χ1) is 12.3. The first-order valence-corrected chi connectivity index (χ1v) is 10.2. The molecule has 140 valence electrons. The van der Waals surface area contributed by atoms with Gasteiger partial charge in [0.05, 0.1) is 10.6 Å². The minimum Gasteiger partial charge on any atom is -0.460 e. The van der Waals surface area contributed by atoms with Gasteiger partial charge in [-0.25, -0.2) is 0 Å². The molecule has 1 aliphatic rings. The molecule has 0 bridgehead atoms. The fourth-order valence-electron chi connectivity index (χ4n) is 2.52. The Morgan fingerprint density at radius 3 is 2.81 bits per heavy atom. The van der Waals surface area contributed by atoms with Crippen LogP contribution in [0.2, 0.25) is 5.02 Å². The van der Waals surface area contributed by atoms with Crippen molar-refractivity contribution in [2.75, 3.05) is 5.75 Å². The van der Waals surface area contributed by atoms with Crippen LogP contribution < -0.4 is 0 Å². The van der Waals surface area contributed by atoms with E-state index in [-0.39, 0.29) is 5.97 Å². The van der Waals surface area contributed by atoms with Crippen molar-refractivity contribution in [2.24, 2.45) is 0 Å². The van der Waals surface area contributed by atoms with Crippen molar-refractivity contribution in [1.29, 1.82) is 0 Å². The zero-order valence-electron chi connectivity index (χ0n) is 15.3. The number of halogens is 1. The predicted octanol–water partition coefficient (Wildman–Crippen LogP) is 5.48. The molecule has 2 aromatic rings. The van der Waals surface area contributed by atoms with Gasteiger partial charge in [-0.2, -0.15) is 0 Å². The molecular formula is C19H23ClN2O3S. The Balaban J connectivity index is 1.52. The summed E-state index contributed by atoms with van der Waals surface area (Å²) in [4.78, 5) is 11.7. The number of nitrogens with zero attached hydrogens (tertiary/aromatic N) is 2. The number of hydrogen-bond acceptors (Lipinski definition) is 6. The molecule has 0 unspecified atom stereocenters. The number of aromatic nitrogens is 2. The summed E-state index contributed by atoms with van der Waals surface area (Å²) in [5, 5.41) is 9.28.